The second-order valence-corrected chi connectivity index (χ2v) is 17.3. The van der Waals surface area contributed by atoms with Crippen LogP contribution in [0.3, 0.4) is 0 Å². The lowest BCUT2D eigenvalue weighted by molar-refractivity contribution is 0.0656. The molecule has 302 valence electrons. The second kappa shape index (κ2) is 16.0. The van der Waals surface area contributed by atoms with Gasteiger partial charge in [0.15, 0.2) is 0 Å². The summed E-state index contributed by atoms with van der Waals surface area (Å²) in [6.07, 6.45) is -1.39. The Bertz CT molecular complexity index is 1460. The molecular weight excluding hydrogens is 724 g/mol. The number of alkyl carbamates (subject to hydrolysis) is 2. The topological polar surface area (TPSA) is 178 Å². The van der Waals surface area contributed by atoms with Gasteiger partial charge in [0.1, 0.15) is 25.4 Å². The van der Waals surface area contributed by atoms with Gasteiger partial charge in [0.2, 0.25) is 34.8 Å². The van der Waals surface area contributed by atoms with Crippen molar-refractivity contribution in [3.63, 3.8) is 0 Å². The number of ether oxygens (including phenoxy) is 6. The van der Waals surface area contributed by atoms with Gasteiger partial charge in [0.25, 0.3) is 0 Å². The molecule has 2 saturated heterocycles. The Kier molecular flexibility index (Phi) is 12.2. The highest BCUT2D eigenvalue weighted by molar-refractivity contribution is 5.73. The van der Waals surface area contributed by atoms with E-state index in [1.165, 1.54) is 0 Å². The first-order chi connectivity index (χ1) is 25.1. The van der Waals surface area contributed by atoms with Crippen LogP contribution >= 0.6 is 0 Å². The van der Waals surface area contributed by atoms with E-state index in [4.69, 9.17) is 28.4 Å². The molecule has 0 aromatic heterocycles. The number of hydrogen-bond acceptors (Lipinski definition) is 10. The Morgan fingerprint density at radius 3 is 1.24 bits per heavy atom. The molecule has 54 heavy (non-hydrogen) atoms. The van der Waals surface area contributed by atoms with Crippen LogP contribution in [-0.4, -0.2) is 88.2 Å². The first kappa shape index (κ1) is 41.1. The molecule has 2 aliphatic heterocycles. The summed E-state index contributed by atoms with van der Waals surface area (Å²) in [7, 11) is 0. The monoisotopic (exact) mass is 774 g/mol. The predicted molar refractivity (Wildman–Crippen MR) is 182 cm³/mol. The van der Waals surface area contributed by atoms with E-state index in [0.29, 0.717) is 51.7 Å². The van der Waals surface area contributed by atoms with E-state index in [1.54, 1.807) is 0 Å². The average Bonchev–Trinajstić information content (AvgIpc) is 3.98. The number of epoxide rings is 2. The highest BCUT2D eigenvalue weighted by Gasteiger charge is 2.44. The number of carbonyl (C=O) groups is 4. The SMILES string of the molecule is CC1(C)CC(NC(=O)Oc2c(F)c(F)c(OC(=O)NC3CC(C)(C)CC(C)(CNC(=O)OCC4CO4)C3)c(F)c2F)CC(C)(CNC(=O)OCC2CO2)C1. The van der Waals surface area contributed by atoms with Crippen molar-refractivity contribution < 1.29 is 65.2 Å². The summed E-state index contributed by atoms with van der Waals surface area (Å²) in [5, 5.41) is 10.5. The number of amides is 4. The van der Waals surface area contributed by atoms with Gasteiger partial charge in [-0.05, 0) is 60.2 Å². The zero-order chi connectivity index (χ0) is 39.6. The molecule has 2 aliphatic carbocycles. The van der Waals surface area contributed by atoms with Crippen LogP contribution in [0.25, 0.3) is 0 Å². The van der Waals surface area contributed by atoms with Crippen molar-refractivity contribution in [2.75, 3.05) is 39.5 Å². The van der Waals surface area contributed by atoms with Crippen LogP contribution in [0.1, 0.15) is 80.1 Å². The van der Waals surface area contributed by atoms with E-state index in [9.17, 15) is 19.2 Å². The normalized spacial score (nSPS) is 29.2. The molecule has 4 N–H and O–H groups in total. The lowest BCUT2D eigenvalue weighted by Gasteiger charge is -2.46. The number of halogens is 4. The summed E-state index contributed by atoms with van der Waals surface area (Å²) in [5.41, 5.74) is -1.78. The molecule has 0 radical (unpaired) electrons. The minimum absolute atomic E-state index is 0.0983. The molecule has 1 aromatic carbocycles. The van der Waals surface area contributed by atoms with E-state index in [1.807, 2.05) is 41.5 Å². The van der Waals surface area contributed by atoms with Gasteiger partial charge in [-0.2, -0.15) is 17.6 Å². The molecule has 6 unspecified atom stereocenters. The van der Waals surface area contributed by atoms with Crippen molar-refractivity contribution in [3.05, 3.63) is 23.3 Å². The zero-order valence-corrected chi connectivity index (χ0v) is 31.4. The minimum atomic E-state index is -2.09. The van der Waals surface area contributed by atoms with E-state index < -0.39 is 82.1 Å². The number of nitrogens with one attached hydrogen (secondary N) is 4. The molecule has 4 fully saturated rings. The summed E-state index contributed by atoms with van der Waals surface area (Å²) in [6.45, 7) is 13.3. The molecule has 1 aromatic rings. The Balaban J connectivity index is 1.17. The average molecular weight is 775 g/mol. The Labute approximate surface area is 311 Å². The van der Waals surface area contributed by atoms with Crippen molar-refractivity contribution >= 4 is 24.4 Å². The molecule has 4 amide bonds. The third-order valence-electron chi connectivity index (χ3n) is 10.0. The molecule has 6 atom stereocenters. The van der Waals surface area contributed by atoms with Gasteiger partial charge in [0.05, 0.1) is 13.2 Å². The van der Waals surface area contributed by atoms with Crippen LogP contribution in [0.4, 0.5) is 36.7 Å². The fraction of sp³-hybridized carbons (Fsp3) is 0.722. The molecule has 2 heterocycles. The number of rotatable bonds is 12. The van der Waals surface area contributed by atoms with Crippen LogP contribution in [0.15, 0.2) is 0 Å². The molecule has 0 bridgehead atoms. The lowest BCUT2D eigenvalue weighted by Crippen LogP contribution is -2.51. The zero-order valence-electron chi connectivity index (χ0n) is 31.4. The Morgan fingerprint density at radius 1 is 0.593 bits per heavy atom. The van der Waals surface area contributed by atoms with E-state index in [-0.39, 0.29) is 49.3 Å². The quantitative estimate of drug-likeness (QED) is 0.115. The number of benzene rings is 1. The summed E-state index contributed by atoms with van der Waals surface area (Å²) in [6, 6.07) is -1.20. The minimum Gasteiger partial charge on any atom is -0.447 e. The summed E-state index contributed by atoms with van der Waals surface area (Å²) in [4.78, 5) is 50.0. The fourth-order valence-corrected chi connectivity index (χ4v) is 8.43. The maximum atomic E-state index is 15.1. The van der Waals surface area contributed by atoms with E-state index in [2.05, 4.69) is 21.3 Å². The molecule has 5 rings (SSSR count). The molecule has 2 saturated carbocycles. The van der Waals surface area contributed by atoms with E-state index >= 15 is 17.6 Å². The third-order valence-corrected chi connectivity index (χ3v) is 10.0. The lowest BCUT2D eigenvalue weighted by atomic mass is 9.62. The highest BCUT2D eigenvalue weighted by Crippen LogP contribution is 2.47. The van der Waals surface area contributed by atoms with Gasteiger partial charge >= 0.3 is 24.4 Å². The van der Waals surface area contributed by atoms with Crippen LogP contribution in [0, 0.1) is 44.9 Å². The van der Waals surface area contributed by atoms with E-state index in [0.717, 1.165) is 0 Å². The second-order valence-electron chi connectivity index (χ2n) is 17.3. The molecular formula is C36H50F4N4O10. The summed E-state index contributed by atoms with van der Waals surface area (Å²) < 4.78 is 90.3. The standard InChI is InChI=1S/C36H50F4N4O10/c1-33(2)7-19(9-35(5,15-33)17-41-29(45)51-13-21-11-49-21)43-31(47)53-27-23(37)25(39)28(26(40)24(27)38)54-32(48)44-20-8-34(3,4)16-36(6,10-20)18-42-30(46)52-14-22-12-50-22/h19-22H,7-18H2,1-6H3,(H,41,45)(H,42,46)(H,43,47)(H,44,48). The maximum Gasteiger partial charge on any atom is 0.413 e. The molecule has 14 nitrogen and oxygen atoms in total. The summed E-state index contributed by atoms with van der Waals surface area (Å²) in [5.74, 6) is -11.7. The molecule has 0 spiro atoms. The van der Waals surface area contributed by atoms with Crippen molar-refractivity contribution in [2.45, 2.75) is 104 Å². The van der Waals surface area contributed by atoms with Crippen molar-refractivity contribution in [1.82, 2.24) is 21.3 Å². The first-order valence-corrected chi connectivity index (χ1v) is 18.0. The first-order valence-electron chi connectivity index (χ1n) is 18.0. The van der Waals surface area contributed by atoms with Gasteiger partial charge < -0.3 is 49.7 Å². The van der Waals surface area contributed by atoms with Gasteiger partial charge in [-0.25, -0.2) is 19.2 Å². The maximum absolute atomic E-state index is 15.1. The highest BCUT2D eigenvalue weighted by atomic mass is 19.2. The van der Waals surface area contributed by atoms with Crippen molar-refractivity contribution in [1.29, 1.82) is 0 Å². The van der Waals surface area contributed by atoms with Crippen LogP contribution in [0.2, 0.25) is 0 Å². The summed E-state index contributed by atoms with van der Waals surface area (Å²) >= 11 is 0. The Morgan fingerprint density at radius 2 is 0.926 bits per heavy atom. The largest absolute Gasteiger partial charge is 0.447 e. The van der Waals surface area contributed by atoms with Gasteiger partial charge in [-0.1, -0.05) is 41.5 Å². The van der Waals surface area contributed by atoms with Gasteiger partial charge in [0, 0.05) is 25.2 Å². The molecule has 18 heteroatoms. The third kappa shape index (κ3) is 11.5. The predicted octanol–water partition coefficient (Wildman–Crippen LogP) is 5.84. The van der Waals surface area contributed by atoms with Crippen molar-refractivity contribution in [2.24, 2.45) is 21.7 Å². The van der Waals surface area contributed by atoms with Crippen molar-refractivity contribution in [3.8, 4) is 11.5 Å². The number of carbonyl (C=O) groups excluding carboxylic acids is 4. The number of hydrogen-bond donors (Lipinski definition) is 4. The van der Waals surface area contributed by atoms with Gasteiger partial charge in [-0.3, -0.25) is 0 Å². The van der Waals surface area contributed by atoms with Crippen LogP contribution in [-0.2, 0) is 18.9 Å². The smallest absolute Gasteiger partial charge is 0.413 e. The van der Waals surface area contributed by atoms with Gasteiger partial charge in [-0.15, -0.1) is 0 Å². The fourth-order valence-electron chi connectivity index (χ4n) is 8.43. The molecule has 4 aliphatic rings. The Hall–Kier alpha value is -4.06. The van der Waals surface area contributed by atoms with Crippen LogP contribution in [0.5, 0.6) is 11.5 Å². The van der Waals surface area contributed by atoms with Crippen LogP contribution < -0.4 is 30.7 Å².